The number of anilines is 2. The minimum Gasteiger partial charge on any atom is -0.506 e. The molecule has 0 radical (unpaired) electrons. The smallest absolute Gasteiger partial charge is 0.261 e. The fourth-order valence-corrected chi connectivity index (χ4v) is 3.00. The van der Waals surface area contributed by atoms with Crippen LogP contribution in [0.15, 0.2) is 47.4 Å². The standard InChI is InChI=1S/C14H13ClN2O4S/c1-9(18)16-13-8-12(5-6-14(13)19)22(20,21)17-11-4-2-3-10(15)7-11/h2-8,17,19H,1H3,(H,16,18). The van der Waals surface area contributed by atoms with Crippen LogP contribution in [0, 0.1) is 0 Å². The summed E-state index contributed by atoms with van der Waals surface area (Å²) in [6.45, 7) is 1.25. The van der Waals surface area contributed by atoms with Crippen molar-refractivity contribution in [3.8, 4) is 5.75 Å². The molecule has 6 nitrogen and oxygen atoms in total. The van der Waals surface area contributed by atoms with Gasteiger partial charge in [0, 0.05) is 11.9 Å². The molecule has 0 unspecified atom stereocenters. The quantitative estimate of drug-likeness (QED) is 0.746. The molecule has 1 amide bonds. The van der Waals surface area contributed by atoms with Crippen molar-refractivity contribution in [3.05, 3.63) is 47.5 Å². The van der Waals surface area contributed by atoms with Crippen LogP contribution in [0.25, 0.3) is 0 Å². The van der Waals surface area contributed by atoms with E-state index in [0.717, 1.165) is 0 Å². The van der Waals surface area contributed by atoms with Gasteiger partial charge in [-0.2, -0.15) is 0 Å². The zero-order valence-electron chi connectivity index (χ0n) is 11.5. The third kappa shape index (κ3) is 3.90. The Hall–Kier alpha value is -2.25. The van der Waals surface area contributed by atoms with Gasteiger partial charge in [0.15, 0.2) is 0 Å². The minimum atomic E-state index is -3.88. The molecule has 0 aliphatic carbocycles. The third-order valence-corrected chi connectivity index (χ3v) is 4.28. The summed E-state index contributed by atoms with van der Waals surface area (Å²) < 4.78 is 27.0. The van der Waals surface area contributed by atoms with E-state index in [1.165, 1.54) is 31.2 Å². The summed E-state index contributed by atoms with van der Waals surface area (Å²) in [4.78, 5) is 11.0. The molecule has 3 N–H and O–H groups in total. The van der Waals surface area contributed by atoms with E-state index in [9.17, 15) is 18.3 Å². The van der Waals surface area contributed by atoms with Gasteiger partial charge < -0.3 is 10.4 Å². The molecule has 0 atom stereocenters. The molecular formula is C14H13ClN2O4S. The van der Waals surface area contributed by atoms with E-state index >= 15 is 0 Å². The lowest BCUT2D eigenvalue weighted by Gasteiger charge is -2.11. The lowest BCUT2D eigenvalue weighted by atomic mass is 10.3. The zero-order valence-corrected chi connectivity index (χ0v) is 13.1. The highest BCUT2D eigenvalue weighted by Gasteiger charge is 2.17. The van der Waals surface area contributed by atoms with Gasteiger partial charge in [-0.15, -0.1) is 0 Å². The summed E-state index contributed by atoms with van der Waals surface area (Å²) in [5.74, 6) is -0.649. The Morgan fingerprint density at radius 1 is 1.18 bits per heavy atom. The summed E-state index contributed by atoms with van der Waals surface area (Å²) in [5.41, 5.74) is 0.322. The second-order valence-corrected chi connectivity index (χ2v) is 6.59. The Morgan fingerprint density at radius 3 is 2.55 bits per heavy atom. The van der Waals surface area contributed by atoms with E-state index in [4.69, 9.17) is 11.6 Å². The topological polar surface area (TPSA) is 95.5 Å². The molecule has 0 bridgehead atoms. The molecule has 22 heavy (non-hydrogen) atoms. The van der Waals surface area contributed by atoms with Crippen molar-refractivity contribution in [2.24, 2.45) is 0 Å². The van der Waals surface area contributed by atoms with Crippen LogP contribution in [-0.2, 0) is 14.8 Å². The van der Waals surface area contributed by atoms with Crippen molar-refractivity contribution in [3.63, 3.8) is 0 Å². The van der Waals surface area contributed by atoms with Gasteiger partial charge in [-0.1, -0.05) is 17.7 Å². The van der Waals surface area contributed by atoms with Crippen LogP contribution in [0.3, 0.4) is 0 Å². The number of benzene rings is 2. The molecule has 0 aromatic heterocycles. The molecular weight excluding hydrogens is 328 g/mol. The van der Waals surface area contributed by atoms with Crippen LogP contribution < -0.4 is 10.0 Å². The summed E-state index contributed by atoms with van der Waals surface area (Å²) in [6.07, 6.45) is 0. The van der Waals surface area contributed by atoms with E-state index < -0.39 is 15.9 Å². The SMILES string of the molecule is CC(=O)Nc1cc(S(=O)(=O)Nc2cccc(Cl)c2)ccc1O. The maximum atomic E-state index is 12.3. The fraction of sp³-hybridized carbons (Fsp3) is 0.0714. The van der Waals surface area contributed by atoms with E-state index in [1.54, 1.807) is 18.2 Å². The van der Waals surface area contributed by atoms with Gasteiger partial charge in [0.1, 0.15) is 5.75 Å². The van der Waals surface area contributed by atoms with Gasteiger partial charge in [-0.25, -0.2) is 8.42 Å². The Kier molecular flexibility index (Phi) is 4.58. The van der Waals surface area contributed by atoms with Crippen LogP contribution in [0.5, 0.6) is 5.75 Å². The summed E-state index contributed by atoms with van der Waals surface area (Å²) >= 11 is 5.81. The van der Waals surface area contributed by atoms with E-state index in [2.05, 4.69) is 10.0 Å². The molecule has 0 spiro atoms. The van der Waals surface area contributed by atoms with Crippen LogP contribution in [-0.4, -0.2) is 19.4 Å². The Morgan fingerprint density at radius 2 is 1.91 bits per heavy atom. The fourth-order valence-electron chi connectivity index (χ4n) is 1.74. The summed E-state index contributed by atoms with van der Waals surface area (Å²) in [6, 6.07) is 9.84. The van der Waals surface area contributed by atoms with E-state index in [0.29, 0.717) is 10.7 Å². The van der Waals surface area contributed by atoms with Gasteiger partial charge in [0.25, 0.3) is 10.0 Å². The number of aromatic hydroxyl groups is 1. The Bertz CT molecular complexity index is 821. The van der Waals surface area contributed by atoms with Crippen LogP contribution >= 0.6 is 11.6 Å². The highest BCUT2D eigenvalue weighted by molar-refractivity contribution is 7.92. The van der Waals surface area contributed by atoms with Crippen molar-refractivity contribution in [1.29, 1.82) is 0 Å². The lowest BCUT2D eigenvalue weighted by Crippen LogP contribution is -2.14. The third-order valence-electron chi connectivity index (χ3n) is 2.67. The number of carbonyl (C=O) groups excluding carboxylic acids is 1. The molecule has 0 aliphatic rings. The normalized spacial score (nSPS) is 11.0. The number of halogens is 1. The van der Waals surface area contributed by atoms with Gasteiger partial charge in [0.05, 0.1) is 16.3 Å². The van der Waals surface area contributed by atoms with Gasteiger partial charge in [-0.05, 0) is 36.4 Å². The van der Waals surface area contributed by atoms with Crippen molar-refractivity contribution < 1.29 is 18.3 Å². The molecule has 0 fully saturated rings. The first-order chi connectivity index (χ1) is 10.3. The monoisotopic (exact) mass is 340 g/mol. The number of amides is 1. The van der Waals surface area contributed by atoms with Gasteiger partial charge in [0.2, 0.25) is 5.91 Å². The number of nitrogens with one attached hydrogen (secondary N) is 2. The minimum absolute atomic E-state index is 0.0152. The maximum absolute atomic E-state index is 12.3. The largest absolute Gasteiger partial charge is 0.506 e. The van der Waals surface area contributed by atoms with E-state index in [1.807, 2.05) is 0 Å². The predicted molar refractivity (Wildman–Crippen MR) is 84.7 cm³/mol. The zero-order chi connectivity index (χ0) is 16.3. The second kappa shape index (κ2) is 6.25. The number of hydrogen-bond acceptors (Lipinski definition) is 4. The molecule has 2 aromatic rings. The molecule has 8 heteroatoms. The second-order valence-electron chi connectivity index (χ2n) is 4.48. The highest BCUT2D eigenvalue weighted by atomic mass is 35.5. The van der Waals surface area contributed by atoms with Gasteiger partial charge >= 0.3 is 0 Å². The molecule has 0 saturated carbocycles. The summed E-state index contributed by atoms with van der Waals surface area (Å²) in [7, 11) is -3.88. The Balaban J connectivity index is 2.35. The first kappa shape index (κ1) is 16.1. The predicted octanol–water partition coefficient (Wildman–Crippen LogP) is 2.80. The highest BCUT2D eigenvalue weighted by Crippen LogP contribution is 2.27. The van der Waals surface area contributed by atoms with Gasteiger partial charge in [-0.3, -0.25) is 9.52 Å². The molecule has 0 saturated heterocycles. The number of phenolic OH excluding ortho intramolecular Hbond substituents is 1. The average Bonchev–Trinajstić information content (AvgIpc) is 2.40. The van der Waals surface area contributed by atoms with Crippen LogP contribution in [0.1, 0.15) is 6.92 Å². The van der Waals surface area contributed by atoms with Crippen LogP contribution in [0.2, 0.25) is 5.02 Å². The number of carbonyl (C=O) groups is 1. The number of phenols is 1. The maximum Gasteiger partial charge on any atom is 0.261 e. The molecule has 0 aliphatic heterocycles. The average molecular weight is 341 g/mol. The summed E-state index contributed by atoms with van der Waals surface area (Å²) in [5, 5.41) is 12.4. The van der Waals surface area contributed by atoms with Crippen molar-refractivity contribution in [2.45, 2.75) is 11.8 Å². The molecule has 2 aromatic carbocycles. The van der Waals surface area contributed by atoms with Crippen molar-refractivity contribution >= 4 is 38.9 Å². The number of sulfonamides is 1. The molecule has 2 rings (SSSR count). The molecule has 116 valence electrons. The van der Waals surface area contributed by atoms with Crippen molar-refractivity contribution in [2.75, 3.05) is 10.0 Å². The molecule has 0 heterocycles. The number of hydrogen-bond donors (Lipinski definition) is 3. The first-order valence-electron chi connectivity index (χ1n) is 6.17. The number of rotatable bonds is 4. The first-order valence-corrected chi connectivity index (χ1v) is 8.03. The van der Waals surface area contributed by atoms with Crippen LogP contribution in [0.4, 0.5) is 11.4 Å². The van der Waals surface area contributed by atoms with Crippen molar-refractivity contribution in [1.82, 2.24) is 0 Å². The lowest BCUT2D eigenvalue weighted by molar-refractivity contribution is -0.114. The Labute approximate surface area is 132 Å². The van der Waals surface area contributed by atoms with E-state index in [-0.39, 0.29) is 16.3 Å².